The molecule has 3 heteroatoms. The molecule has 110 valence electrons. The van der Waals surface area contributed by atoms with Gasteiger partial charge in [0.1, 0.15) is 0 Å². The van der Waals surface area contributed by atoms with Crippen molar-refractivity contribution in [2.75, 3.05) is 13.1 Å². The minimum atomic E-state index is 0.218. The lowest BCUT2D eigenvalue weighted by atomic mass is 10.1. The van der Waals surface area contributed by atoms with Gasteiger partial charge in [0.2, 0.25) is 5.91 Å². The van der Waals surface area contributed by atoms with Crippen LogP contribution >= 0.6 is 0 Å². The Labute approximate surface area is 122 Å². The molecule has 2 unspecified atom stereocenters. The molecule has 20 heavy (non-hydrogen) atoms. The van der Waals surface area contributed by atoms with Crippen molar-refractivity contribution in [3.63, 3.8) is 0 Å². The highest BCUT2D eigenvalue weighted by molar-refractivity contribution is 5.81. The minimum absolute atomic E-state index is 0.218. The van der Waals surface area contributed by atoms with Crippen LogP contribution in [0.1, 0.15) is 38.3 Å². The summed E-state index contributed by atoms with van der Waals surface area (Å²) in [6, 6.07) is 8.41. The quantitative estimate of drug-likeness (QED) is 0.829. The summed E-state index contributed by atoms with van der Waals surface area (Å²) in [5, 5.41) is 3.08. The minimum Gasteiger partial charge on any atom is -0.352 e. The summed E-state index contributed by atoms with van der Waals surface area (Å²) in [6.45, 7) is 10.2. The Morgan fingerprint density at radius 3 is 2.40 bits per heavy atom. The number of carbonyl (C=O) groups is 1. The number of carbonyl (C=O) groups excluding carboxylic acids is 1. The molecular formula is C17H26N2O. The molecule has 0 bridgehead atoms. The lowest BCUT2D eigenvalue weighted by Crippen LogP contribution is -2.27. The third-order valence-corrected chi connectivity index (χ3v) is 4.31. The van der Waals surface area contributed by atoms with Gasteiger partial charge in [0, 0.05) is 19.0 Å². The molecule has 2 atom stereocenters. The second kappa shape index (κ2) is 6.89. The van der Waals surface area contributed by atoms with Crippen LogP contribution in [0.5, 0.6) is 0 Å². The molecule has 1 saturated carbocycles. The maximum absolute atomic E-state index is 11.9. The van der Waals surface area contributed by atoms with Crippen molar-refractivity contribution in [3.05, 3.63) is 35.4 Å². The molecule has 0 spiro atoms. The fourth-order valence-corrected chi connectivity index (χ4v) is 2.57. The van der Waals surface area contributed by atoms with E-state index in [0.29, 0.717) is 12.5 Å². The van der Waals surface area contributed by atoms with Gasteiger partial charge in [-0.15, -0.1) is 0 Å². The van der Waals surface area contributed by atoms with Crippen LogP contribution in [0.25, 0.3) is 0 Å². The fraction of sp³-hybridized carbons (Fsp3) is 0.588. The molecule has 1 N–H and O–H groups in total. The zero-order chi connectivity index (χ0) is 14.5. The zero-order valence-electron chi connectivity index (χ0n) is 12.9. The number of benzene rings is 1. The Kier molecular flexibility index (Phi) is 5.18. The summed E-state index contributed by atoms with van der Waals surface area (Å²) in [7, 11) is 0. The van der Waals surface area contributed by atoms with Gasteiger partial charge in [-0.05, 0) is 36.6 Å². The average Bonchev–Trinajstić information content (AvgIpc) is 3.20. The Hall–Kier alpha value is -1.35. The number of hydrogen-bond acceptors (Lipinski definition) is 2. The average molecular weight is 274 g/mol. The molecule has 1 aromatic rings. The van der Waals surface area contributed by atoms with Crippen LogP contribution in [-0.2, 0) is 17.9 Å². The van der Waals surface area contributed by atoms with Gasteiger partial charge >= 0.3 is 0 Å². The number of amides is 1. The highest BCUT2D eigenvalue weighted by atomic mass is 16.2. The number of nitrogens with one attached hydrogen (secondary N) is 1. The lowest BCUT2D eigenvalue weighted by Gasteiger charge is -2.20. The molecule has 1 fully saturated rings. The Morgan fingerprint density at radius 1 is 1.25 bits per heavy atom. The van der Waals surface area contributed by atoms with Gasteiger partial charge in [0.15, 0.2) is 0 Å². The van der Waals surface area contributed by atoms with Crippen molar-refractivity contribution in [3.8, 4) is 0 Å². The monoisotopic (exact) mass is 274 g/mol. The van der Waals surface area contributed by atoms with Gasteiger partial charge < -0.3 is 5.32 Å². The molecule has 0 heterocycles. The number of nitrogens with zero attached hydrogens (tertiary/aromatic N) is 1. The van der Waals surface area contributed by atoms with E-state index in [1.165, 1.54) is 11.1 Å². The standard InChI is InChI=1S/C17H26N2O/c1-4-19(5-2)12-15-9-7-6-8-14(15)11-18-17(20)16-10-13(16)3/h6-9,13,16H,4-5,10-12H2,1-3H3,(H,18,20). The first-order valence-corrected chi connectivity index (χ1v) is 7.72. The van der Waals surface area contributed by atoms with Crippen molar-refractivity contribution in [2.24, 2.45) is 11.8 Å². The van der Waals surface area contributed by atoms with E-state index in [1.807, 2.05) is 6.07 Å². The molecule has 2 rings (SSSR count). The van der Waals surface area contributed by atoms with E-state index in [-0.39, 0.29) is 11.8 Å². The highest BCUT2D eigenvalue weighted by Gasteiger charge is 2.38. The summed E-state index contributed by atoms with van der Waals surface area (Å²) < 4.78 is 0. The first-order valence-electron chi connectivity index (χ1n) is 7.72. The molecule has 1 aliphatic rings. The van der Waals surface area contributed by atoms with Crippen LogP contribution in [0.3, 0.4) is 0 Å². The zero-order valence-corrected chi connectivity index (χ0v) is 12.9. The smallest absolute Gasteiger partial charge is 0.223 e. The molecule has 0 radical (unpaired) electrons. The van der Waals surface area contributed by atoms with Crippen molar-refractivity contribution < 1.29 is 4.79 Å². The molecule has 1 aliphatic carbocycles. The van der Waals surface area contributed by atoms with Crippen LogP contribution in [0, 0.1) is 11.8 Å². The summed E-state index contributed by atoms with van der Waals surface area (Å²) in [5.74, 6) is 1.04. The van der Waals surface area contributed by atoms with E-state index in [2.05, 4.69) is 49.2 Å². The molecule has 0 aromatic heterocycles. The van der Waals surface area contributed by atoms with Crippen LogP contribution in [-0.4, -0.2) is 23.9 Å². The SMILES string of the molecule is CCN(CC)Cc1ccccc1CNC(=O)C1CC1C. The van der Waals surface area contributed by atoms with E-state index in [4.69, 9.17) is 0 Å². The third-order valence-electron chi connectivity index (χ3n) is 4.31. The van der Waals surface area contributed by atoms with E-state index in [1.54, 1.807) is 0 Å². The van der Waals surface area contributed by atoms with Crippen molar-refractivity contribution in [2.45, 2.75) is 40.3 Å². The van der Waals surface area contributed by atoms with E-state index >= 15 is 0 Å². The van der Waals surface area contributed by atoms with E-state index in [9.17, 15) is 4.79 Å². The number of rotatable bonds is 7. The van der Waals surface area contributed by atoms with E-state index < -0.39 is 0 Å². The summed E-state index contributed by atoms with van der Waals surface area (Å²) >= 11 is 0. The molecule has 0 aliphatic heterocycles. The Morgan fingerprint density at radius 2 is 1.85 bits per heavy atom. The largest absolute Gasteiger partial charge is 0.352 e. The fourth-order valence-electron chi connectivity index (χ4n) is 2.57. The van der Waals surface area contributed by atoms with Crippen molar-refractivity contribution in [1.29, 1.82) is 0 Å². The summed E-state index contributed by atoms with van der Waals surface area (Å²) in [6.07, 6.45) is 1.05. The lowest BCUT2D eigenvalue weighted by molar-refractivity contribution is -0.122. The van der Waals surface area contributed by atoms with Crippen LogP contribution in [0.4, 0.5) is 0 Å². The molecule has 1 aromatic carbocycles. The Balaban J connectivity index is 1.95. The van der Waals surface area contributed by atoms with Crippen LogP contribution < -0.4 is 5.32 Å². The topological polar surface area (TPSA) is 32.3 Å². The maximum Gasteiger partial charge on any atom is 0.223 e. The summed E-state index contributed by atoms with van der Waals surface area (Å²) in [4.78, 5) is 14.3. The molecular weight excluding hydrogens is 248 g/mol. The van der Waals surface area contributed by atoms with Crippen LogP contribution in [0.15, 0.2) is 24.3 Å². The molecule has 0 saturated heterocycles. The molecule has 1 amide bonds. The normalized spacial score (nSPS) is 21.0. The third kappa shape index (κ3) is 3.83. The Bertz CT molecular complexity index is 454. The highest BCUT2D eigenvalue weighted by Crippen LogP contribution is 2.37. The first-order chi connectivity index (χ1) is 9.65. The van der Waals surface area contributed by atoms with Gasteiger partial charge in [0.25, 0.3) is 0 Å². The maximum atomic E-state index is 11.9. The second-order valence-corrected chi connectivity index (χ2v) is 5.77. The van der Waals surface area contributed by atoms with Crippen molar-refractivity contribution in [1.82, 2.24) is 10.2 Å². The van der Waals surface area contributed by atoms with Gasteiger partial charge in [-0.2, -0.15) is 0 Å². The van der Waals surface area contributed by atoms with Crippen LogP contribution in [0.2, 0.25) is 0 Å². The van der Waals surface area contributed by atoms with E-state index in [0.717, 1.165) is 26.1 Å². The van der Waals surface area contributed by atoms with Gasteiger partial charge in [0.05, 0.1) is 0 Å². The van der Waals surface area contributed by atoms with Gasteiger partial charge in [-0.3, -0.25) is 9.69 Å². The van der Waals surface area contributed by atoms with Gasteiger partial charge in [-0.1, -0.05) is 45.0 Å². The van der Waals surface area contributed by atoms with Gasteiger partial charge in [-0.25, -0.2) is 0 Å². The second-order valence-electron chi connectivity index (χ2n) is 5.77. The first kappa shape index (κ1) is 15.0. The van der Waals surface area contributed by atoms with Crippen molar-refractivity contribution >= 4 is 5.91 Å². The molecule has 3 nitrogen and oxygen atoms in total. The predicted molar refractivity (Wildman–Crippen MR) is 82.2 cm³/mol. The number of hydrogen-bond donors (Lipinski definition) is 1. The summed E-state index contributed by atoms with van der Waals surface area (Å²) in [5.41, 5.74) is 2.56. The predicted octanol–water partition coefficient (Wildman–Crippen LogP) is 2.80.